The molecule has 1 heterocycles. The van der Waals surface area contributed by atoms with E-state index in [4.69, 9.17) is 9.47 Å². The van der Waals surface area contributed by atoms with E-state index in [2.05, 4.69) is 38.5 Å². The summed E-state index contributed by atoms with van der Waals surface area (Å²) in [5, 5.41) is 6.53. The summed E-state index contributed by atoms with van der Waals surface area (Å²) in [7, 11) is 3.25. The Morgan fingerprint density at radius 3 is 2.79 bits per heavy atom. The molecule has 0 spiro atoms. The van der Waals surface area contributed by atoms with Gasteiger partial charge < -0.3 is 20.1 Å². The molecule has 1 aromatic rings. The van der Waals surface area contributed by atoms with Gasteiger partial charge in [-0.15, -0.1) is 0 Å². The van der Waals surface area contributed by atoms with Gasteiger partial charge >= 0.3 is 0 Å². The molecule has 0 amide bonds. The Morgan fingerprint density at radius 2 is 2.21 bits per heavy atom. The Balaban J connectivity index is 2.06. The van der Waals surface area contributed by atoms with Crippen LogP contribution in [0.1, 0.15) is 12.5 Å². The lowest BCUT2D eigenvalue weighted by atomic mass is 10.2. The number of ether oxygens (including phenoxy) is 2. The van der Waals surface area contributed by atoms with Crippen molar-refractivity contribution in [3.8, 4) is 11.5 Å². The summed E-state index contributed by atoms with van der Waals surface area (Å²) in [6.07, 6.45) is 0. The lowest BCUT2D eigenvalue weighted by Gasteiger charge is -2.13. The number of halogens is 1. The third-order valence-electron chi connectivity index (χ3n) is 2.86. The van der Waals surface area contributed by atoms with Crippen LogP contribution in [0.5, 0.6) is 11.5 Å². The van der Waals surface area contributed by atoms with Gasteiger partial charge in [0.2, 0.25) is 0 Å². The van der Waals surface area contributed by atoms with Crippen molar-refractivity contribution in [2.24, 2.45) is 4.99 Å². The second kappa shape index (κ2) is 6.14. The van der Waals surface area contributed by atoms with Crippen molar-refractivity contribution in [1.82, 2.24) is 10.6 Å². The van der Waals surface area contributed by atoms with Gasteiger partial charge in [0.05, 0.1) is 25.2 Å². The molecule has 0 aromatic heterocycles. The number of methoxy groups -OCH3 is 2. The zero-order valence-electron chi connectivity index (χ0n) is 11.3. The van der Waals surface area contributed by atoms with Crippen LogP contribution in [0.15, 0.2) is 21.6 Å². The number of hydrogen-bond donors (Lipinski definition) is 2. The standard InChI is InChI=1S/C13H18BrN3O2/c1-8-6-15-13(17-8)16-7-9-4-10(14)12(19-3)11(5-9)18-2/h4-5,8H,6-7H2,1-3H3,(H2,15,16,17). The quantitative estimate of drug-likeness (QED) is 0.886. The lowest BCUT2D eigenvalue weighted by Crippen LogP contribution is -2.37. The molecule has 0 bridgehead atoms. The fraction of sp³-hybridized carbons (Fsp3) is 0.462. The van der Waals surface area contributed by atoms with Gasteiger partial charge in [-0.3, -0.25) is 4.99 Å². The number of nitrogens with zero attached hydrogens (tertiary/aromatic N) is 1. The van der Waals surface area contributed by atoms with E-state index in [0.29, 0.717) is 24.1 Å². The molecule has 0 aliphatic carbocycles. The van der Waals surface area contributed by atoms with Crippen LogP contribution in [0, 0.1) is 0 Å². The van der Waals surface area contributed by atoms with E-state index in [1.165, 1.54) is 0 Å². The van der Waals surface area contributed by atoms with Crippen LogP contribution in [0.2, 0.25) is 0 Å². The van der Waals surface area contributed by atoms with Crippen molar-refractivity contribution >= 4 is 21.9 Å². The van der Waals surface area contributed by atoms with E-state index in [9.17, 15) is 0 Å². The predicted molar refractivity (Wildman–Crippen MR) is 79.0 cm³/mol. The van der Waals surface area contributed by atoms with E-state index in [0.717, 1.165) is 22.5 Å². The van der Waals surface area contributed by atoms with Crippen LogP contribution < -0.4 is 20.1 Å². The molecular formula is C13H18BrN3O2. The van der Waals surface area contributed by atoms with Crippen LogP contribution in [0.3, 0.4) is 0 Å². The Kier molecular flexibility index (Phi) is 4.52. The SMILES string of the molecule is COc1cc(CNC2=NCC(C)N2)cc(Br)c1OC. The first-order chi connectivity index (χ1) is 9.13. The average Bonchev–Trinajstić information content (AvgIpc) is 2.81. The van der Waals surface area contributed by atoms with Crippen LogP contribution >= 0.6 is 15.9 Å². The minimum Gasteiger partial charge on any atom is -0.493 e. The van der Waals surface area contributed by atoms with Crippen LogP contribution in [-0.4, -0.2) is 32.8 Å². The molecule has 1 aliphatic rings. The fourth-order valence-corrected chi connectivity index (χ4v) is 2.57. The van der Waals surface area contributed by atoms with E-state index in [1.54, 1.807) is 14.2 Å². The summed E-state index contributed by atoms with van der Waals surface area (Å²) in [4.78, 5) is 4.36. The van der Waals surface area contributed by atoms with Gasteiger partial charge in [-0.05, 0) is 40.5 Å². The van der Waals surface area contributed by atoms with Gasteiger partial charge in [0, 0.05) is 12.6 Å². The third kappa shape index (κ3) is 3.32. The maximum Gasteiger partial charge on any atom is 0.191 e. The topological polar surface area (TPSA) is 54.9 Å². The van der Waals surface area contributed by atoms with Gasteiger partial charge in [-0.1, -0.05) is 0 Å². The third-order valence-corrected chi connectivity index (χ3v) is 3.45. The number of rotatable bonds is 4. The molecule has 5 nitrogen and oxygen atoms in total. The first kappa shape index (κ1) is 14.0. The number of aliphatic imine (C=N–C) groups is 1. The Bertz CT molecular complexity index is 491. The Morgan fingerprint density at radius 1 is 1.42 bits per heavy atom. The van der Waals surface area contributed by atoms with Crippen LogP contribution in [0.4, 0.5) is 0 Å². The molecule has 6 heteroatoms. The summed E-state index contributed by atoms with van der Waals surface area (Å²) >= 11 is 3.48. The first-order valence-electron chi connectivity index (χ1n) is 6.09. The summed E-state index contributed by atoms with van der Waals surface area (Å²) in [6, 6.07) is 4.36. The summed E-state index contributed by atoms with van der Waals surface area (Å²) in [5.74, 6) is 2.26. The van der Waals surface area contributed by atoms with Gasteiger partial charge in [-0.25, -0.2) is 0 Å². The molecule has 2 N–H and O–H groups in total. The number of nitrogens with one attached hydrogen (secondary N) is 2. The Hall–Kier alpha value is -1.43. The van der Waals surface area contributed by atoms with Crippen molar-refractivity contribution in [2.45, 2.75) is 19.5 Å². The highest BCUT2D eigenvalue weighted by Crippen LogP contribution is 2.36. The van der Waals surface area contributed by atoms with E-state index >= 15 is 0 Å². The molecule has 1 unspecified atom stereocenters. The smallest absolute Gasteiger partial charge is 0.191 e. The van der Waals surface area contributed by atoms with Crippen molar-refractivity contribution in [3.63, 3.8) is 0 Å². The molecule has 0 fully saturated rings. The molecule has 2 rings (SSSR count). The lowest BCUT2D eigenvalue weighted by molar-refractivity contribution is 0.352. The molecule has 0 saturated carbocycles. The van der Waals surface area contributed by atoms with Gasteiger partial charge in [0.15, 0.2) is 17.5 Å². The second-order valence-corrected chi connectivity index (χ2v) is 5.26. The molecule has 1 aromatic carbocycles. The zero-order chi connectivity index (χ0) is 13.8. The predicted octanol–water partition coefficient (Wildman–Crippen LogP) is 1.90. The monoisotopic (exact) mass is 327 g/mol. The number of hydrogen-bond acceptors (Lipinski definition) is 5. The van der Waals surface area contributed by atoms with Crippen molar-refractivity contribution in [3.05, 3.63) is 22.2 Å². The first-order valence-corrected chi connectivity index (χ1v) is 6.88. The Labute approximate surface area is 121 Å². The largest absolute Gasteiger partial charge is 0.493 e. The number of guanidine groups is 1. The summed E-state index contributed by atoms with van der Waals surface area (Å²) < 4.78 is 11.5. The molecule has 0 radical (unpaired) electrons. The number of benzene rings is 1. The van der Waals surface area contributed by atoms with Gasteiger partial charge in [0.1, 0.15) is 0 Å². The van der Waals surface area contributed by atoms with Gasteiger partial charge in [0.25, 0.3) is 0 Å². The molecule has 19 heavy (non-hydrogen) atoms. The molecule has 104 valence electrons. The second-order valence-electron chi connectivity index (χ2n) is 4.40. The summed E-state index contributed by atoms with van der Waals surface area (Å²) in [5.41, 5.74) is 1.09. The molecule has 1 aliphatic heterocycles. The minimum absolute atomic E-state index is 0.402. The highest BCUT2D eigenvalue weighted by molar-refractivity contribution is 9.10. The summed E-state index contributed by atoms with van der Waals surface area (Å²) in [6.45, 7) is 3.60. The average molecular weight is 328 g/mol. The van der Waals surface area contributed by atoms with E-state index in [-0.39, 0.29) is 0 Å². The van der Waals surface area contributed by atoms with Crippen molar-refractivity contribution < 1.29 is 9.47 Å². The van der Waals surface area contributed by atoms with Crippen LogP contribution in [-0.2, 0) is 6.54 Å². The normalized spacial score (nSPS) is 17.7. The van der Waals surface area contributed by atoms with E-state index in [1.807, 2.05) is 12.1 Å². The molecule has 1 atom stereocenters. The van der Waals surface area contributed by atoms with Gasteiger partial charge in [-0.2, -0.15) is 0 Å². The van der Waals surface area contributed by atoms with Crippen LogP contribution in [0.25, 0.3) is 0 Å². The molecule has 0 saturated heterocycles. The zero-order valence-corrected chi connectivity index (χ0v) is 12.9. The van der Waals surface area contributed by atoms with Crippen molar-refractivity contribution in [1.29, 1.82) is 0 Å². The highest BCUT2D eigenvalue weighted by atomic mass is 79.9. The maximum absolute atomic E-state index is 5.32. The van der Waals surface area contributed by atoms with Crippen molar-refractivity contribution in [2.75, 3.05) is 20.8 Å². The minimum atomic E-state index is 0.402. The highest BCUT2D eigenvalue weighted by Gasteiger charge is 2.13. The molecular weight excluding hydrogens is 310 g/mol. The maximum atomic E-state index is 5.32. The van der Waals surface area contributed by atoms with E-state index < -0.39 is 0 Å². The fourth-order valence-electron chi connectivity index (χ4n) is 1.92.